The van der Waals surface area contributed by atoms with Crippen molar-refractivity contribution in [3.8, 4) is 0 Å². The van der Waals surface area contributed by atoms with Crippen LogP contribution in [0.25, 0.3) is 0 Å². The number of amides is 1. The molecule has 1 aromatic heterocycles. The maximum atomic E-state index is 12.4. The van der Waals surface area contributed by atoms with E-state index < -0.39 is 0 Å². The highest BCUT2D eigenvalue weighted by atomic mass is 35.5. The molecule has 2 unspecified atom stereocenters. The number of thioether (sulfide) groups is 1. The summed E-state index contributed by atoms with van der Waals surface area (Å²) in [7, 11) is 1.90. The molecule has 2 bridgehead atoms. The molecule has 20 heavy (non-hydrogen) atoms. The number of furan rings is 1. The average Bonchev–Trinajstić information content (AvgIpc) is 3.03. The van der Waals surface area contributed by atoms with Gasteiger partial charge in [-0.15, -0.1) is 12.4 Å². The SMILES string of the molecule is CSc1ccc(C(=O)N(C)C2CC3CCC(C2)N3)o1.Cl. The van der Waals surface area contributed by atoms with Gasteiger partial charge in [0.15, 0.2) is 10.9 Å². The molecule has 2 atom stereocenters. The van der Waals surface area contributed by atoms with E-state index in [2.05, 4.69) is 5.32 Å². The van der Waals surface area contributed by atoms with E-state index in [1.807, 2.05) is 24.3 Å². The highest BCUT2D eigenvalue weighted by molar-refractivity contribution is 7.98. The minimum atomic E-state index is 0. The standard InChI is InChI=1S/C14H20N2O2S.ClH/c1-16(11-7-9-3-4-10(8-11)15-9)14(17)12-5-6-13(18-12)19-2;/h5-6,9-11,15H,3-4,7-8H2,1-2H3;1H. The number of nitrogens with zero attached hydrogens (tertiary/aromatic N) is 1. The zero-order valence-electron chi connectivity index (χ0n) is 11.8. The third kappa shape index (κ3) is 3.00. The number of halogens is 1. The highest BCUT2D eigenvalue weighted by Gasteiger charge is 2.36. The molecular weight excluding hydrogens is 296 g/mol. The predicted octanol–water partition coefficient (Wildman–Crippen LogP) is 2.78. The van der Waals surface area contributed by atoms with Crippen LogP contribution in [-0.2, 0) is 0 Å². The number of piperidine rings is 1. The van der Waals surface area contributed by atoms with Crippen molar-refractivity contribution in [3.05, 3.63) is 17.9 Å². The number of carbonyl (C=O) groups excluding carboxylic acids is 1. The average molecular weight is 317 g/mol. The molecule has 1 N–H and O–H groups in total. The van der Waals surface area contributed by atoms with E-state index in [-0.39, 0.29) is 18.3 Å². The first-order valence-electron chi connectivity index (χ1n) is 6.84. The van der Waals surface area contributed by atoms with Gasteiger partial charge in [-0.2, -0.15) is 0 Å². The lowest BCUT2D eigenvalue weighted by Crippen LogP contribution is -2.48. The smallest absolute Gasteiger partial charge is 0.289 e. The fourth-order valence-electron chi connectivity index (χ4n) is 3.23. The van der Waals surface area contributed by atoms with Gasteiger partial charge in [0.1, 0.15) is 0 Å². The summed E-state index contributed by atoms with van der Waals surface area (Å²) in [4.78, 5) is 14.3. The lowest BCUT2D eigenvalue weighted by Gasteiger charge is -2.35. The molecule has 3 rings (SSSR count). The molecule has 1 amide bonds. The lowest BCUT2D eigenvalue weighted by atomic mass is 9.98. The number of carbonyl (C=O) groups is 1. The molecule has 0 radical (unpaired) electrons. The van der Waals surface area contributed by atoms with Crippen LogP contribution in [0.4, 0.5) is 0 Å². The van der Waals surface area contributed by atoms with Gasteiger partial charge in [-0.05, 0) is 44.1 Å². The molecule has 2 aliphatic rings. The highest BCUT2D eigenvalue weighted by Crippen LogP contribution is 2.30. The Balaban J connectivity index is 0.00000147. The fraction of sp³-hybridized carbons (Fsp3) is 0.643. The number of fused-ring (bicyclic) bond motifs is 2. The lowest BCUT2D eigenvalue weighted by molar-refractivity contribution is 0.0644. The number of hydrogen-bond acceptors (Lipinski definition) is 4. The topological polar surface area (TPSA) is 45.5 Å². The molecule has 1 aromatic rings. The van der Waals surface area contributed by atoms with Gasteiger partial charge in [-0.3, -0.25) is 4.79 Å². The largest absolute Gasteiger partial charge is 0.445 e. The van der Waals surface area contributed by atoms with Crippen molar-refractivity contribution in [2.45, 2.75) is 48.9 Å². The van der Waals surface area contributed by atoms with Gasteiger partial charge in [-0.25, -0.2) is 0 Å². The van der Waals surface area contributed by atoms with Crippen LogP contribution in [-0.4, -0.2) is 42.2 Å². The first-order chi connectivity index (χ1) is 9.17. The number of nitrogens with one attached hydrogen (secondary N) is 1. The Bertz CT molecular complexity index is 467. The monoisotopic (exact) mass is 316 g/mol. The van der Waals surface area contributed by atoms with E-state index >= 15 is 0 Å². The van der Waals surface area contributed by atoms with E-state index in [0.717, 1.165) is 17.9 Å². The fourth-order valence-corrected chi connectivity index (χ4v) is 3.61. The zero-order chi connectivity index (χ0) is 13.4. The third-order valence-corrected chi connectivity index (χ3v) is 4.93. The molecule has 2 fully saturated rings. The van der Waals surface area contributed by atoms with E-state index in [1.54, 1.807) is 6.07 Å². The Hall–Kier alpha value is -0.650. The Kier molecular flexibility index (Phi) is 5.04. The van der Waals surface area contributed by atoms with Crippen molar-refractivity contribution in [1.29, 1.82) is 0 Å². The summed E-state index contributed by atoms with van der Waals surface area (Å²) in [5.74, 6) is 0.462. The van der Waals surface area contributed by atoms with Crippen molar-refractivity contribution in [2.24, 2.45) is 0 Å². The summed E-state index contributed by atoms with van der Waals surface area (Å²) in [6.45, 7) is 0. The molecule has 0 saturated carbocycles. The Morgan fingerprint density at radius 1 is 1.35 bits per heavy atom. The summed E-state index contributed by atoms with van der Waals surface area (Å²) in [5.41, 5.74) is 0. The van der Waals surface area contributed by atoms with E-state index in [0.29, 0.717) is 23.9 Å². The van der Waals surface area contributed by atoms with Gasteiger partial charge in [0.25, 0.3) is 5.91 Å². The molecule has 3 heterocycles. The van der Waals surface area contributed by atoms with Crippen LogP contribution >= 0.6 is 24.2 Å². The normalized spacial score (nSPS) is 28.0. The second kappa shape index (κ2) is 6.41. The van der Waals surface area contributed by atoms with Crippen LogP contribution in [0.3, 0.4) is 0 Å². The van der Waals surface area contributed by atoms with Crippen LogP contribution in [0.15, 0.2) is 21.6 Å². The van der Waals surface area contributed by atoms with Crippen LogP contribution < -0.4 is 5.32 Å². The summed E-state index contributed by atoms with van der Waals surface area (Å²) >= 11 is 1.52. The van der Waals surface area contributed by atoms with Crippen molar-refractivity contribution in [1.82, 2.24) is 10.2 Å². The summed E-state index contributed by atoms with van der Waals surface area (Å²) < 4.78 is 5.53. The molecule has 0 aromatic carbocycles. The minimum absolute atomic E-state index is 0. The maximum absolute atomic E-state index is 12.4. The van der Waals surface area contributed by atoms with Gasteiger partial charge in [0.05, 0.1) is 0 Å². The molecule has 112 valence electrons. The van der Waals surface area contributed by atoms with Crippen LogP contribution in [0.2, 0.25) is 0 Å². The van der Waals surface area contributed by atoms with Crippen molar-refractivity contribution < 1.29 is 9.21 Å². The molecule has 4 nitrogen and oxygen atoms in total. The zero-order valence-corrected chi connectivity index (χ0v) is 13.4. The first kappa shape index (κ1) is 15.7. The molecular formula is C14H21ClN2O2S. The summed E-state index contributed by atoms with van der Waals surface area (Å²) in [6, 6.07) is 5.17. The number of hydrogen-bond donors (Lipinski definition) is 1. The molecule has 2 aliphatic heterocycles. The molecule has 0 aliphatic carbocycles. The van der Waals surface area contributed by atoms with Gasteiger partial charge in [-0.1, -0.05) is 11.8 Å². The quantitative estimate of drug-likeness (QED) is 0.871. The van der Waals surface area contributed by atoms with Crippen molar-refractivity contribution in [3.63, 3.8) is 0 Å². The third-order valence-electron chi connectivity index (χ3n) is 4.31. The van der Waals surface area contributed by atoms with E-state index in [9.17, 15) is 4.79 Å². The second-order valence-electron chi connectivity index (χ2n) is 5.50. The van der Waals surface area contributed by atoms with Gasteiger partial charge < -0.3 is 14.6 Å². The Morgan fingerprint density at radius 2 is 2.00 bits per heavy atom. The van der Waals surface area contributed by atoms with Gasteiger partial charge in [0.2, 0.25) is 0 Å². The van der Waals surface area contributed by atoms with Crippen molar-refractivity contribution in [2.75, 3.05) is 13.3 Å². The first-order valence-corrected chi connectivity index (χ1v) is 8.07. The van der Waals surface area contributed by atoms with Crippen LogP contribution in [0.5, 0.6) is 0 Å². The Labute approximate surface area is 130 Å². The molecule has 2 saturated heterocycles. The van der Waals surface area contributed by atoms with Crippen molar-refractivity contribution >= 4 is 30.1 Å². The van der Waals surface area contributed by atoms with E-state index in [4.69, 9.17) is 4.42 Å². The minimum Gasteiger partial charge on any atom is -0.445 e. The van der Waals surface area contributed by atoms with E-state index in [1.165, 1.54) is 24.6 Å². The summed E-state index contributed by atoms with van der Waals surface area (Å²) in [6.07, 6.45) is 6.58. The van der Waals surface area contributed by atoms with Gasteiger partial charge in [0, 0.05) is 25.2 Å². The molecule has 0 spiro atoms. The Morgan fingerprint density at radius 3 is 2.55 bits per heavy atom. The second-order valence-corrected chi connectivity index (χ2v) is 6.31. The maximum Gasteiger partial charge on any atom is 0.289 e. The predicted molar refractivity (Wildman–Crippen MR) is 82.8 cm³/mol. The molecule has 6 heteroatoms. The van der Waals surface area contributed by atoms with Crippen LogP contribution in [0.1, 0.15) is 36.2 Å². The van der Waals surface area contributed by atoms with Crippen LogP contribution in [0, 0.1) is 0 Å². The number of rotatable bonds is 3. The summed E-state index contributed by atoms with van der Waals surface area (Å²) in [5, 5.41) is 4.40. The van der Waals surface area contributed by atoms with Gasteiger partial charge >= 0.3 is 0 Å².